The van der Waals surface area contributed by atoms with Crippen LogP contribution in [0, 0.1) is 0 Å². The molecule has 0 amide bonds. The number of allylic oxidation sites excluding steroid dienone is 1. The minimum absolute atomic E-state index is 0.442. The Morgan fingerprint density at radius 2 is 1.75 bits per heavy atom. The van der Waals surface area contributed by atoms with Gasteiger partial charge in [-0.15, -0.1) is 0 Å². The van der Waals surface area contributed by atoms with E-state index in [9.17, 15) is 0 Å². The zero-order valence-corrected chi connectivity index (χ0v) is 15.9. The Morgan fingerprint density at radius 1 is 1.08 bits per heavy atom. The maximum atomic E-state index is 5.17. The van der Waals surface area contributed by atoms with Crippen LogP contribution >= 0.6 is 28.1 Å². The third-order valence-corrected chi connectivity index (χ3v) is 3.85. The van der Waals surface area contributed by atoms with Crippen LogP contribution in [0.2, 0.25) is 0 Å². The normalized spacial score (nSPS) is 11.0. The van der Waals surface area contributed by atoms with E-state index in [4.69, 9.17) is 12.2 Å². The van der Waals surface area contributed by atoms with Crippen LogP contribution < -0.4 is 15.6 Å². The van der Waals surface area contributed by atoms with Gasteiger partial charge >= 0.3 is 0 Å². The summed E-state index contributed by atoms with van der Waals surface area (Å²) in [6, 6.07) is 16.0. The lowest BCUT2D eigenvalue weighted by Crippen LogP contribution is -2.23. The average molecular weight is 403 g/mol. The van der Waals surface area contributed by atoms with Gasteiger partial charge in [0.2, 0.25) is 0 Å². The van der Waals surface area contributed by atoms with E-state index in [1.54, 1.807) is 6.21 Å². The lowest BCUT2D eigenvalue weighted by atomic mass is 10.2. The zero-order chi connectivity index (χ0) is 17.4. The van der Waals surface area contributed by atoms with E-state index >= 15 is 0 Å². The quantitative estimate of drug-likeness (QED) is 0.438. The van der Waals surface area contributed by atoms with E-state index in [0.717, 1.165) is 15.7 Å². The van der Waals surface area contributed by atoms with Crippen molar-refractivity contribution in [3.63, 3.8) is 0 Å². The molecular weight excluding hydrogens is 384 g/mol. The van der Waals surface area contributed by atoms with Crippen molar-refractivity contribution in [3.8, 4) is 0 Å². The molecule has 0 heterocycles. The molecule has 124 valence electrons. The van der Waals surface area contributed by atoms with Gasteiger partial charge in [0.15, 0.2) is 5.11 Å². The highest BCUT2D eigenvalue weighted by atomic mass is 79.9. The Morgan fingerprint density at radius 3 is 2.38 bits per heavy atom. The average Bonchev–Trinajstić information content (AvgIpc) is 2.57. The van der Waals surface area contributed by atoms with Gasteiger partial charge in [-0.25, -0.2) is 0 Å². The molecule has 0 atom stereocenters. The summed E-state index contributed by atoms with van der Waals surface area (Å²) in [6.45, 7) is 0. The third-order valence-electron chi connectivity index (χ3n) is 3.13. The number of rotatable bonds is 5. The molecule has 0 saturated heterocycles. The first-order valence-corrected chi connectivity index (χ1v) is 8.54. The van der Waals surface area contributed by atoms with E-state index in [1.165, 1.54) is 5.69 Å². The summed E-state index contributed by atoms with van der Waals surface area (Å²) >= 11 is 8.57. The van der Waals surface area contributed by atoms with Gasteiger partial charge in [-0.2, -0.15) is 5.10 Å². The van der Waals surface area contributed by atoms with Crippen molar-refractivity contribution < 1.29 is 0 Å². The van der Waals surface area contributed by atoms with Crippen molar-refractivity contribution in [2.24, 2.45) is 5.10 Å². The molecule has 0 radical (unpaired) electrons. The van der Waals surface area contributed by atoms with Gasteiger partial charge in [-0.05, 0) is 60.3 Å². The lowest BCUT2D eigenvalue weighted by molar-refractivity contribution is 1.05. The second-order valence-electron chi connectivity index (χ2n) is 5.20. The van der Waals surface area contributed by atoms with Gasteiger partial charge in [0.1, 0.15) is 0 Å². The number of hydrogen-bond donors (Lipinski definition) is 2. The van der Waals surface area contributed by atoms with Crippen LogP contribution in [0.1, 0.15) is 5.56 Å². The molecule has 0 saturated carbocycles. The predicted octanol–water partition coefficient (Wildman–Crippen LogP) is 4.50. The molecule has 0 aliphatic heterocycles. The summed E-state index contributed by atoms with van der Waals surface area (Å²) < 4.78 is 1.02. The van der Waals surface area contributed by atoms with Crippen LogP contribution in [-0.2, 0) is 0 Å². The fourth-order valence-electron chi connectivity index (χ4n) is 1.87. The number of benzene rings is 2. The first-order chi connectivity index (χ1) is 11.5. The molecule has 0 aliphatic carbocycles. The van der Waals surface area contributed by atoms with Crippen molar-refractivity contribution in [2.45, 2.75) is 0 Å². The van der Waals surface area contributed by atoms with Gasteiger partial charge in [-0.3, -0.25) is 5.43 Å². The molecule has 0 aliphatic rings. The van der Waals surface area contributed by atoms with E-state index in [1.807, 2.05) is 50.5 Å². The number of hydrazone groups is 1. The highest BCUT2D eigenvalue weighted by molar-refractivity contribution is 9.10. The molecule has 0 aromatic heterocycles. The third kappa shape index (κ3) is 6.14. The lowest BCUT2D eigenvalue weighted by Gasteiger charge is -2.11. The van der Waals surface area contributed by atoms with Crippen LogP contribution in [0.5, 0.6) is 0 Å². The summed E-state index contributed by atoms with van der Waals surface area (Å²) in [6.07, 6.45) is 5.51. The number of nitrogens with one attached hydrogen (secondary N) is 2. The van der Waals surface area contributed by atoms with Crippen molar-refractivity contribution in [1.82, 2.24) is 5.43 Å². The Labute approximate surface area is 156 Å². The molecule has 0 bridgehead atoms. The number of thiocarbonyl (C=S) groups is 1. The Bertz CT molecular complexity index is 722. The molecule has 0 fully saturated rings. The maximum Gasteiger partial charge on any atom is 0.191 e. The fraction of sp³-hybridized carbons (Fsp3) is 0.111. The van der Waals surface area contributed by atoms with Gasteiger partial charge in [0.05, 0.1) is 0 Å². The van der Waals surface area contributed by atoms with E-state index in [0.29, 0.717) is 5.11 Å². The number of anilines is 2. The van der Waals surface area contributed by atoms with Crippen LogP contribution in [-0.4, -0.2) is 25.4 Å². The second kappa shape index (κ2) is 9.20. The van der Waals surface area contributed by atoms with Gasteiger partial charge in [0, 0.05) is 36.2 Å². The SMILES string of the molecule is CN(C)c1ccc(/C=C/C=N/NC(=S)Nc2ccc(Br)cc2)cc1. The van der Waals surface area contributed by atoms with Crippen LogP contribution in [0.25, 0.3) is 6.08 Å². The molecule has 2 N–H and O–H groups in total. The topological polar surface area (TPSA) is 39.7 Å². The van der Waals surface area contributed by atoms with Crippen molar-refractivity contribution >= 4 is 56.9 Å². The Kier molecular flexibility index (Phi) is 6.96. The largest absolute Gasteiger partial charge is 0.378 e. The minimum Gasteiger partial charge on any atom is -0.378 e. The van der Waals surface area contributed by atoms with Crippen LogP contribution in [0.3, 0.4) is 0 Å². The van der Waals surface area contributed by atoms with Gasteiger partial charge in [-0.1, -0.05) is 34.1 Å². The first-order valence-electron chi connectivity index (χ1n) is 7.34. The molecule has 4 nitrogen and oxygen atoms in total. The fourth-order valence-corrected chi connectivity index (χ4v) is 2.30. The number of halogens is 1. The van der Waals surface area contributed by atoms with Crippen molar-refractivity contribution in [2.75, 3.05) is 24.3 Å². The smallest absolute Gasteiger partial charge is 0.191 e. The number of hydrogen-bond acceptors (Lipinski definition) is 3. The van der Waals surface area contributed by atoms with Gasteiger partial charge < -0.3 is 10.2 Å². The monoisotopic (exact) mass is 402 g/mol. The summed E-state index contributed by atoms with van der Waals surface area (Å²) in [5, 5.41) is 7.56. The molecule has 0 spiro atoms. The van der Waals surface area contributed by atoms with Gasteiger partial charge in [0.25, 0.3) is 0 Å². The Balaban J connectivity index is 1.79. The van der Waals surface area contributed by atoms with E-state index in [2.05, 4.69) is 60.9 Å². The van der Waals surface area contributed by atoms with Crippen molar-refractivity contribution in [1.29, 1.82) is 0 Å². The van der Waals surface area contributed by atoms with Crippen LogP contribution in [0.15, 0.2) is 64.2 Å². The van der Waals surface area contributed by atoms with E-state index < -0.39 is 0 Å². The molecule has 2 rings (SSSR count). The zero-order valence-electron chi connectivity index (χ0n) is 13.5. The van der Waals surface area contributed by atoms with E-state index in [-0.39, 0.29) is 0 Å². The molecule has 6 heteroatoms. The molecule has 24 heavy (non-hydrogen) atoms. The predicted molar refractivity (Wildman–Crippen MR) is 112 cm³/mol. The second-order valence-corrected chi connectivity index (χ2v) is 6.52. The highest BCUT2D eigenvalue weighted by Gasteiger charge is 1.95. The Hall–Kier alpha value is -2.18. The molecule has 0 unspecified atom stereocenters. The molecule has 2 aromatic carbocycles. The summed E-state index contributed by atoms with van der Waals surface area (Å²) in [5.41, 5.74) is 5.97. The first kappa shape index (κ1) is 18.2. The molecule has 2 aromatic rings. The minimum atomic E-state index is 0.442. The number of nitrogens with zero attached hydrogens (tertiary/aromatic N) is 2. The molecular formula is C18H19BrN4S. The van der Waals surface area contributed by atoms with Crippen LogP contribution in [0.4, 0.5) is 11.4 Å². The standard InChI is InChI=1S/C18H19BrN4S/c1-23(2)17-11-5-14(6-12-17)4-3-13-20-22-18(24)21-16-9-7-15(19)8-10-16/h3-13H,1-2H3,(H2,21,22,24)/b4-3+,20-13+. The summed E-state index contributed by atoms with van der Waals surface area (Å²) in [4.78, 5) is 2.07. The summed E-state index contributed by atoms with van der Waals surface area (Å²) in [5.74, 6) is 0. The summed E-state index contributed by atoms with van der Waals surface area (Å²) in [7, 11) is 4.04. The highest BCUT2D eigenvalue weighted by Crippen LogP contribution is 2.14. The van der Waals surface area contributed by atoms with Crippen molar-refractivity contribution in [3.05, 3.63) is 64.6 Å². The maximum absolute atomic E-state index is 5.17.